The summed E-state index contributed by atoms with van der Waals surface area (Å²) in [6, 6.07) is 5.99. The van der Waals surface area contributed by atoms with Crippen LogP contribution in [0.3, 0.4) is 0 Å². The minimum atomic E-state index is -2.83. The fraction of sp³-hybridized carbons (Fsp3) is 0.500. The maximum Gasteiger partial charge on any atom is 0.153 e. The van der Waals surface area contributed by atoms with Crippen LogP contribution in [0.5, 0.6) is 0 Å². The predicted molar refractivity (Wildman–Crippen MR) is 77.6 cm³/mol. The van der Waals surface area contributed by atoms with Gasteiger partial charge in [-0.15, -0.1) is 0 Å². The molecule has 1 aromatic carbocycles. The normalized spacial score (nSPS) is 20.7. The zero-order valence-corrected chi connectivity index (χ0v) is 12.7. The second-order valence-electron chi connectivity index (χ2n) is 4.63. The van der Waals surface area contributed by atoms with E-state index in [0.29, 0.717) is 13.1 Å². The Morgan fingerprint density at radius 2 is 1.94 bits per heavy atom. The van der Waals surface area contributed by atoms with E-state index in [0.717, 1.165) is 15.7 Å². The Bertz CT molecular complexity index is 529. The van der Waals surface area contributed by atoms with Crippen LogP contribution >= 0.6 is 15.9 Å². The van der Waals surface area contributed by atoms with E-state index in [-0.39, 0.29) is 17.5 Å². The molecule has 1 aliphatic rings. The Hall–Kier alpha value is -0.590. The van der Waals surface area contributed by atoms with E-state index in [2.05, 4.69) is 20.8 Å². The van der Waals surface area contributed by atoms with Gasteiger partial charge >= 0.3 is 0 Å². The lowest BCUT2D eigenvalue weighted by Gasteiger charge is -2.29. The predicted octanol–water partition coefficient (Wildman–Crippen LogP) is 1.70. The average molecular weight is 333 g/mol. The number of nitrogens with zero attached hydrogens (tertiary/aromatic N) is 1. The van der Waals surface area contributed by atoms with Crippen LogP contribution < -0.4 is 10.6 Å². The van der Waals surface area contributed by atoms with Crippen LogP contribution in [0, 0.1) is 0 Å². The number of hydrogen-bond donors (Lipinski definition) is 1. The number of nitrogens with two attached hydrogens (primary N) is 1. The zero-order valence-electron chi connectivity index (χ0n) is 10.3. The first-order valence-electron chi connectivity index (χ1n) is 5.89. The third kappa shape index (κ3) is 3.05. The second kappa shape index (κ2) is 5.19. The van der Waals surface area contributed by atoms with Gasteiger partial charge in [0.1, 0.15) is 0 Å². The molecule has 1 saturated heterocycles. The highest BCUT2D eigenvalue weighted by Gasteiger charge is 2.22. The summed E-state index contributed by atoms with van der Waals surface area (Å²) in [5.74, 6) is 0.472. The van der Waals surface area contributed by atoms with Crippen molar-refractivity contribution in [2.24, 2.45) is 5.73 Å². The Balaban J connectivity index is 2.18. The smallest absolute Gasteiger partial charge is 0.153 e. The molecule has 0 aromatic heterocycles. The Morgan fingerprint density at radius 3 is 2.44 bits per heavy atom. The van der Waals surface area contributed by atoms with Crippen LogP contribution in [0.15, 0.2) is 22.7 Å². The summed E-state index contributed by atoms with van der Waals surface area (Å²) >= 11 is 3.51. The SMILES string of the molecule is C[C@@H](N)c1ccc(N2CCS(=O)(=O)CC2)cc1Br. The van der Waals surface area contributed by atoms with Gasteiger partial charge in [-0.3, -0.25) is 0 Å². The van der Waals surface area contributed by atoms with Crippen molar-refractivity contribution in [3.05, 3.63) is 28.2 Å². The van der Waals surface area contributed by atoms with Gasteiger partial charge in [0.25, 0.3) is 0 Å². The first-order valence-corrected chi connectivity index (χ1v) is 8.51. The third-order valence-corrected chi connectivity index (χ3v) is 5.48. The molecule has 2 N–H and O–H groups in total. The first-order chi connectivity index (χ1) is 8.39. The molecular weight excluding hydrogens is 316 g/mol. The molecule has 100 valence electrons. The summed E-state index contributed by atoms with van der Waals surface area (Å²) in [5, 5.41) is 0. The first kappa shape index (κ1) is 13.8. The molecule has 1 atom stereocenters. The highest BCUT2D eigenvalue weighted by Crippen LogP contribution is 2.28. The Morgan fingerprint density at radius 1 is 1.33 bits per heavy atom. The number of hydrogen-bond acceptors (Lipinski definition) is 4. The Labute approximate surface area is 116 Å². The monoisotopic (exact) mass is 332 g/mol. The number of sulfone groups is 1. The fourth-order valence-corrected chi connectivity index (χ4v) is 3.98. The largest absolute Gasteiger partial charge is 0.369 e. The molecule has 18 heavy (non-hydrogen) atoms. The molecule has 0 aliphatic carbocycles. The molecule has 0 spiro atoms. The van der Waals surface area contributed by atoms with Crippen molar-refractivity contribution in [1.82, 2.24) is 0 Å². The van der Waals surface area contributed by atoms with E-state index in [9.17, 15) is 8.42 Å². The lowest BCUT2D eigenvalue weighted by molar-refractivity contribution is 0.587. The fourth-order valence-electron chi connectivity index (χ4n) is 2.05. The summed E-state index contributed by atoms with van der Waals surface area (Å²) in [4.78, 5) is 2.09. The number of anilines is 1. The molecule has 0 bridgehead atoms. The van der Waals surface area contributed by atoms with Crippen LogP contribution in [0.2, 0.25) is 0 Å². The molecule has 1 fully saturated rings. The van der Waals surface area contributed by atoms with E-state index in [1.165, 1.54) is 0 Å². The third-order valence-electron chi connectivity index (χ3n) is 3.18. The van der Waals surface area contributed by atoms with Crippen LogP contribution in [0.25, 0.3) is 0 Å². The van der Waals surface area contributed by atoms with E-state index in [4.69, 9.17) is 5.73 Å². The minimum Gasteiger partial charge on any atom is -0.369 e. The molecule has 1 aromatic rings. The van der Waals surface area contributed by atoms with Crippen molar-refractivity contribution < 1.29 is 8.42 Å². The minimum absolute atomic E-state index is 0.0184. The molecule has 4 nitrogen and oxygen atoms in total. The summed E-state index contributed by atoms with van der Waals surface area (Å²) < 4.78 is 23.7. The molecule has 0 unspecified atom stereocenters. The van der Waals surface area contributed by atoms with Crippen molar-refractivity contribution in [2.45, 2.75) is 13.0 Å². The van der Waals surface area contributed by atoms with Crippen LogP contribution in [-0.4, -0.2) is 33.0 Å². The highest BCUT2D eigenvalue weighted by molar-refractivity contribution is 9.10. The molecule has 2 rings (SSSR count). The second-order valence-corrected chi connectivity index (χ2v) is 7.79. The molecular formula is C12H17BrN2O2S. The van der Waals surface area contributed by atoms with Crippen molar-refractivity contribution in [3.8, 4) is 0 Å². The van der Waals surface area contributed by atoms with Gasteiger partial charge in [0.05, 0.1) is 11.5 Å². The standard InChI is InChI=1S/C12H17BrN2O2S/c1-9(14)11-3-2-10(8-12(11)13)15-4-6-18(16,17)7-5-15/h2-3,8-9H,4-7,14H2,1H3/t9-/m1/s1. The van der Waals surface area contributed by atoms with Gasteiger partial charge < -0.3 is 10.6 Å². The van der Waals surface area contributed by atoms with Gasteiger partial charge in [0.2, 0.25) is 0 Å². The van der Waals surface area contributed by atoms with Crippen LogP contribution in [0.4, 0.5) is 5.69 Å². The van der Waals surface area contributed by atoms with Gasteiger partial charge in [-0.2, -0.15) is 0 Å². The van der Waals surface area contributed by atoms with E-state index in [1.54, 1.807) is 0 Å². The highest BCUT2D eigenvalue weighted by atomic mass is 79.9. The Kier molecular flexibility index (Phi) is 3.99. The molecule has 0 amide bonds. The van der Waals surface area contributed by atoms with Gasteiger partial charge in [0, 0.05) is 29.3 Å². The molecule has 1 aliphatic heterocycles. The van der Waals surface area contributed by atoms with Crippen molar-refractivity contribution in [3.63, 3.8) is 0 Å². The quantitative estimate of drug-likeness (QED) is 0.895. The molecule has 1 heterocycles. The van der Waals surface area contributed by atoms with E-state index in [1.807, 2.05) is 25.1 Å². The van der Waals surface area contributed by atoms with E-state index < -0.39 is 9.84 Å². The number of benzene rings is 1. The van der Waals surface area contributed by atoms with Crippen molar-refractivity contribution in [2.75, 3.05) is 29.5 Å². The summed E-state index contributed by atoms with van der Waals surface area (Å²) in [6.07, 6.45) is 0. The molecule has 6 heteroatoms. The lowest BCUT2D eigenvalue weighted by atomic mass is 10.1. The van der Waals surface area contributed by atoms with Gasteiger partial charge in [0.15, 0.2) is 9.84 Å². The summed E-state index contributed by atoms with van der Waals surface area (Å²) in [7, 11) is -2.83. The van der Waals surface area contributed by atoms with Gasteiger partial charge in [-0.05, 0) is 24.6 Å². The number of rotatable bonds is 2. The van der Waals surface area contributed by atoms with Crippen LogP contribution in [0.1, 0.15) is 18.5 Å². The summed E-state index contributed by atoms with van der Waals surface area (Å²) in [6.45, 7) is 3.06. The summed E-state index contributed by atoms with van der Waals surface area (Å²) in [5.41, 5.74) is 7.96. The van der Waals surface area contributed by atoms with Crippen molar-refractivity contribution >= 4 is 31.5 Å². The van der Waals surface area contributed by atoms with E-state index >= 15 is 0 Å². The topological polar surface area (TPSA) is 63.4 Å². The molecule has 0 saturated carbocycles. The maximum absolute atomic E-state index is 11.4. The lowest BCUT2D eigenvalue weighted by Crippen LogP contribution is -2.40. The molecule has 0 radical (unpaired) electrons. The zero-order chi connectivity index (χ0) is 13.3. The van der Waals surface area contributed by atoms with Crippen LogP contribution in [-0.2, 0) is 9.84 Å². The van der Waals surface area contributed by atoms with Gasteiger partial charge in [-0.25, -0.2) is 8.42 Å². The van der Waals surface area contributed by atoms with Crippen molar-refractivity contribution in [1.29, 1.82) is 0 Å². The number of halogens is 1. The van der Waals surface area contributed by atoms with Gasteiger partial charge in [-0.1, -0.05) is 22.0 Å². The average Bonchev–Trinajstić information content (AvgIpc) is 2.28. The maximum atomic E-state index is 11.4.